The summed E-state index contributed by atoms with van der Waals surface area (Å²) in [5, 5.41) is 0. The Morgan fingerprint density at radius 3 is 2.30 bits per heavy atom. The Morgan fingerprint density at radius 1 is 1.15 bits per heavy atom. The first-order valence-electron chi connectivity index (χ1n) is 5.98. The summed E-state index contributed by atoms with van der Waals surface area (Å²) in [6.45, 7) is 1.50. The second-order valence-corrected chi connectivity index (χ2v) is 8.33. The summed E-state index contributed by atoms with van der Waals surface area (Å²) in [5.74, 6) is -0.0914. The highest BCUT2D eigenvalue weighted by Crippen LogP contribution is 2.23. The van der Waals surface area contributed by atoms with Gasteiger partial charge in [-0.15, -0.1) is 0 Å². The fraction of sp³-hybridized carbons (Fsp3) is 0.417. The van der Waals surface area contributed by atoms with Gasteiger partial charge in [0.05, 0.1) is 11.8 Å². The maximum Gasteiger partial charge on any atom is 0.255 e. The van der Waals surface area contributed by atoms with Gasteiger partial charge in [0.2, 0.25) is 10.0 Å². The molecular formula is C12H14Br2N2O3S. The Balaban J connectivity index is 2.11. The first kappa shape index (κ1) is 15.9. The van der Waals surface area contributed by atoms with E-state index in [9.17, 15) is 13.2 Å². The molecule has 0 spiro atoms. The average Bonchev–Trinajstić information content (AvgIpc) is 2.40. The van der Waals surface area contributed by atoms with Gasteiger partial charge in [0, 0.05) is 35.1 Å². The van der Waals surface area contributed by atoms with Crippen LogP contribution in [-0.4, -0.2) is 56.0 Å². The zero-order valence-electron chi connectivity index (χ0n) is 10.8. The number of hydrogen-bond acceptors (Lipinski definition) is 3. The third kappa shape index (κ3) is 3.60. The van der Waals surface area contributed by atoms with Crippen molar-refractivity contribution >= 4 is 47.8 Å². The molecule has 1 amide bonds. The van der Waals surface area contributed by atoms with Crippen LogP contribution in [0.3, 0.4) is 0 Å². The van der Waals surface area contributed by atoms with Crippen LogP contribution in [0.4, 0.5) is 0 Å². The summed E-state index contributed by atoms with van der Waals surface area (Å²) in [5.41, 5.74) is 0.576. The molecule has 1 aromatic rings. The first-order chi connectivity index (χ1) is 9.29. The van der Waals surface area contributed by atoms with Gasteiger partial charge in [0.25, 0.3) is 5.91 Å². The standard InChI is InChI=1S/C12H14Br2N2O3S/c1-20(18,19)16-6-4-15(5-7-16)12(17)10-8-9(13)2-3-11(10)14/h2-3,8H,4-7H2,1H3. The minimum Gasteiger partial charge on any atom is -0.336 e. The van der Waals surface area contributed by atoms with Crippen LogP contribution in [0, 0.1) is 0 Å². The monoisotopic (exact) mass is 424 g/mol. The number of benzene rings is 1. The molecule has 110 valence electrons. The number of piperazine rings is 1. The van der Waals surface area contributed by atoms with E-state index in [0.29, 0.717) is 31.7 Å². The van der Waals surface area contributed by atoms with E-state index in [1.54, 1.807) is 11.0 Å². The second-order valence-electron chi connectivity index (χ2n) is 4.58. The van der Waals surface area contributed by atoms with Crippen LogP contribution >= 0.6 is 31.9 Å². The molecule has 0 radical (unpaired) electrons. The highest BCUT2D eigenvalue weighted by atomic mass is 79.9. The first-order valence-corrected chi connectivity index (χ1v) is 9.42. The van der Waals surface area contributed by atoms with E-state index < -0.39 is 10.0 Å². The lowest BCUT2D eigenvalue weighted by Gasteiger charge is -2.33. The number of amides is 1. The van der Waals surface area contributed by atoms with Gasteiger partial charge in [-0.05, 0) is 34.1 Å². The molecule has 1 aliphatic rings. The van der Waals surface area contributed by atoms with Crippen LogP contribution in [0.1, 0.15) is 10.4 Å². The Hall–Kier alpha value is -0.440. The van der Waals surface area contributed by atoms with Gasteiger partial charge in [-0.25, -0.2) is 8.42 Å². The van der Waals surface area contributed by atoms with Gasteiger partial charge in [-0.3, -0.25) is 4.79 Å². The van der Waals surface area contributed by atoms with E-state index in [0.717, 1.165) is 8.95 Å². The van der Waals surface area contributed by atoms with Crippen molar-refractivity contribution in [2.75, 3.05) is 32.4 Å². The smallest absolute Gasteiger partial charge is 0.255 e. The Kier molecular flexibility index (Phi) is 4.88. The van der Waals surface area contributed by atoms with E-state index in [-0.39, 0.29) is 5.91 Å². The summed E-state index contributed by atoms with van der Waals surface area (Å²) < 4.78 is 25.8. The van der Waals surface area contributed by atoms with Crippen LogP contribution in [0.5, 0.6) is 0 Å². The van der Waals surface area contributed by atoms with Crippen molar-refractivity contribution < 1.29 is 13.2 Å². The average molecular weight is 426 g/mol. The third-order valence-electron chi connectivity index (χ3n) is 3.15. The summed E-state index contributed by atoms with van der Waals surface area (Å²) in [6.07, 6.45) is 1.19. The summed E-state index contributed by atoms with van der Waals surface area (Å²) in [6, 6.07) is 5.42. The van der Waals surface area contributed by atoms with E-state index >= 15 is 0 Å². The maximum atomic E-state index is 12.4. The van der Waals surface area contributed by atoms with Crippen LogP contribution in [-0.2, 0) is 10.0 Å². The molecule has 20 heavy (non-hydrogen) atoms. The van der Waals surface area contributed by atoms with Crippen LogP contribution < -0.4 is 0 Å². The molecule has 1 heterocycles. The van der Waals surface area contributed by atoms with Gasteiger partial charge in [-0.1, -0.05) is 15.9 Å². The maximum absolute atomic E-state index is 12.4. The highest BCUT2D eigenvalue weighted by Gasteiger charge is 2.27. The zero-order valence-corrected chi connectivity index (χ0v) is 14.8. The lowest BCUT2D eigenvalue weighted by Crippen LogP contribution is -2.50. The number of carbonyl (C=O) groups is 1. The minimum atomic E-state index is -3.18. The Labute approximate surface area is 135 Å². The molecule has 1 saturated heterocycles. The highest BCUT2D eigenvalue weighted by molar-refractivity contribution is 9.11. The topological polar surface area (TPSA) is 57.7 Å². The number of sulfonamides is 1. The molecule has 1 fully saturated rings. The molecular weight excluding hydrogens is 412 g/mol. The Bertz CT molecular complexity index is 626. The van der Waals surface area contributed by atoms with E-state index in [1.807, 2.05) is 12.1 Å². The van der Waals surface area contributed by atoms with Crippen molar-refractivity contribution in [2.24, 2.45) is 0 Å². The molecule has 0 atom stereocenters. The molecule has 0 aromatic heterocycles. The van der Waals surface area contributed by atoms with Crippen LogP contribution in [0.25, 0.3) is 0 Å². The molecule has 0 unspecified atom stereocenters. The number of halogens is 2. The lowest BCUT2D eigenvalue weighted by molar-refractivity contribution is 0.0697. The Morgan fingerprint density at radius 2 is 1.75 bits per heavy atom. The molecule has 1 aliphatic heterocycles. The van der Waals surface area contributed by atoms with E-state index in [4.69, 9.17) is 0 Å². The van der Waals surface area contributed by atoms with Gasteiger partial charge in [-0.2, -0.15) is 4.31 Å². The molecule has 2 rings (SSSR count). The van der Waals surface area contributed by atoms with Crippen LogP contribution in [0.2, 0.25) is 0 Å². The number of hydrogen-bond donors (Lipinski definition) is 0. The fourth-order valence-electron chi connectivity index (χ4n) is 2.05. The predicted octanol–water partition coefficient (Wildman–Crippen LogP) is 1.93. The largest absolute Gasteiger partial charge is 0.336 e. The molecule has 1 aromatic carbocycles. The summed E-state index contributed by atoms with van der Waals surface area (Å²) >= 11 is 6.71. The van der Waals surface area contributed by atoms with Gasteiger partial charge in [0.15, 0.2) is 0 Å². The van der Waals surface area contributed by atoms with Crippen molar-refractivity contribution in [1.29, 1.82) is 0 Å². The molecule has 0 aliphatic carbocycles. The molecule has 8 heteroatoms. The third-order valence-corrected chi connectivity index (χ3v) is 5.64. The van der Waals surface area contributed by atoms with Gasteiger partial charge >= 0.3 is 0 Å². The second kappa shape index (κ2) is 6.13. The van der Waals surface area contributed by atoms with Crippen LogP contribution in [0.15, 0.2) is 27.1 Å². The number of nitrogens with zero attached hydrogens (tertiary/aromatic N) is 2. The minimum absolute atomic E-state index is 0.0914. The summed E-state index contributed by atoms with van der Waals surface area (Å²) in [4.78, 5) is 14.1. The number of rotatable bonds is 2. The van der Waals surface area contributed by atoms with Crippen molar-refractivity contribution in [3.05, 3.63) is 32.7 Å². The van der Waals surface area contributed by atoms with Crippen molar-refractivity contribution in [3.8, 4) is 0 Å². The quantitative estimate of drug-likeness (QED) is 0.727. The lowest BCUT2D eigenvalue weighted by atomic mass is 10.2. The molecule has 0 N–H and O–H groups in total. The van der Waals surface area contributed by atoms with Crippen molar-refractivity contribution in [1.82, 2.24) is 9.21 Å². The van der Waals surface area contributed by atoms with Gasteiger partial charge < -0.3 is 4.90 Å². The van der Waals surface area contributed by atoms with E-state index in [2.05, 4.69) is 31.9 Å². The zero-order chi connectivity index (χ0) is 14.9. The van der Waals surface area contributed by atoms with Crippen molar-refractivity contribution in [2.45, 2.75) is 0 Å². The van der Waals surface area contributed by atoms with E-state index in [1.165, 1.54) is 10.6 Å². The predicted molar refractivity (Wildman–Crippen MR) is 84.2 cm³/mol. The van der Waals surface area contributed by atoms with Crippen molar-refractivity contribution in [3.63, 3.8) is 0 Å². The molecule has 0 bridgehead atoms. The normalized spacial score (nSPS) is 17.2. The van der Waals surface area contributed by atoms with Gasteiger partial charge in [0.1, 0.15) is 0 Å². The SMILES string of the molecule is CS(=O)(=O)N1CCN(C(=O)c2cc(Br)ccc2Br)CC1. The number of carbonyl (C=O) groups excluding carboxylic acids is 1. The molecule has 0 saturated carbocycles. The fourth-order valence-corrected chi connectivity index (χ4v) is 3.66. The summed E-state index contributed by atoms with van der Waals surface area (Å²) in [7, 11) is -3.18. The molecule has 5 nitrogen and oxygen atoms in total.